The molecule has 0 atom stereocenters. The third-order valence-electron chi connectivity index (χ3n) is 1.91. The van der Waals surface area contributed by atoms with Crippen molar-refractivity contribution >= 4 is 0 Å². The molecule has 0 unspecified atom stereocenters. The SMILES string of the molecule is C=CCCCOCCCCCNC. The van der Waals surface area contributed by atoms with Crippen LogP contribution in [0.1, 0.15) is 32.1 Å². The van der Waals surface area contributed by atoms with E-state index in [1.807, 2.05) is 13.1 Å². The van der Waals surface area contributed by atoms with E-state index in [1.165, 1.54) is 19.3 Å². The summed E-state index contributed by atoms with van der Waals surface area (Å²) < 4.78 is 5.45. The van der Waals surface area contributed by atoms with Crippen molar-refractivity contribution in [2.75, 3.05) is 26.8 Å². The van der Waals surface area contributed by atoms with Gasteiger partial charge in [0.15, 0.2) is 0 Å². The van der Waals surface area contributed by atoms with Crippen LogP contribution in [-0.4, -0.2) is 26.8 Å². The van der Waals surface area contributed by atoms with Crippen LogP contribution < -0.4 is 5.32 Å². The molecule has 2 nitrogen and oxygen atoms in total. The fraction of sp³-hybridized carbons (Fsp3) is 0.818. The third-order valence-corrected chi connectivity index (χ3v) is 1.91. The van der Waals surface area contributed by atoms with Crippen LogP contribution in [0.5, 0.6) is 0 Å². The van der Waals surface area contributed by atoms with Gasteiger partial charge in [-0.3, -0.25) is 0 Å². The molecule has 0 aliphatic carbocycles. The molecule has 0 fully saturated rings. The van der Waals surface area contributed by atoms with E-state index in [-0.39, 0.29) is 0 Å². The molecule has 0 aromatic rings. The summed E-state index contributed by atoms with van der Waals surface area (Å²) in [6, 6.07) is 0. The molecule has 0 heterocycles. The predicted octanol–water partition coefficient (Wildman–Crippen LogP) is 2.36. The Hall–Kier alpha value is -0.340. The minimum absolute atomic E-state index is 0.887. The molecule has 1 N–H and O–H groups in total. The molecule has 0 radical (unpaired) electrons. The smallest absolute Gasteiger partial charge is 0.0468 e. The van der Waals surface area contributed by atoms with Crippen LogP contribution in [-0.2, 0) is 4.74 Å². The number of allylic oxidation sites excluding steroid dienone is 1. The van der Waals surface area contributed by atoms with Gasteiger partial charge < -0.3 is 10.1 Å². The first-order valence-corrected chi connectivity index (χ1v) is 5.25. The summed E-state index contributed by atoms with van der Waals surface area (Å²) in [5, 5.41) is 3.13. The summed E-state index contributed by atoms with van der Waals surface area (Å²) in [4.78, 5) is 0. The normalized spacial score (nSPS) is 10.2. The van der Waals surface area contributed by atoms with Crippen LogP contribution in [0.3, 0.4) is 0 Å². The van der Waals surface area contributed by atoms with Crippen molar-refractivity contribution < 1.29 is 4.74 Å². The highest BCUT2D eigenvalue weighted by molar-refractivity contribution is 4.64. The van der Waals surface area contributed by atoms with Gasteiger partial charge in [0.2, 0.25) is 0 Å². The summed E-state index contributed by atoms with van der Waals surface area (Å²) >= 11 is 0. The first kappa shape index (κ1) is 12.7. The molecular formula is C11H23NO. The average Bonchev–Trinajstić information content (AvgIpc) is 2.16. The molecule has 0 aromatic carbocycles. The number of ether oxygens (including phenoxy) is 1. The molecule has 0 aromatic heterocycles. The van der Waals surface area contributed by atoms with E-state index in [1.54, 1.807) is 0 Å². The Kier molecular flexibility index (Phi) is 11.4. The van der Waals surface area contributed by atoms with Gasteiger partial charge in [-0.15, -0.1) is 6.58 Å². The largest absolute Gasteiger partial charge is 0.381 e. The fourth-order valence-electron chi connectivity index (χ4n) is 1.11. The number of nitrogens with one attached hydrogen (secondary N) is 1. The molecule has 2 heteroatoms. The highest BCUT2D eigenvalue weighted by Gasteiger charge is 1.89. The van der Waals surface area contributed by atoms with E-state index >= 15 is 0 Å². The molecule has 0 rings (SSSR count). The van der Waals surface area contributed by atoms with Crippen molar-refractivity contribution in [1.82, 2.24) is 5.32 Å². The standard InChI is InChI=1S/C11H23NO/c1-3-4-7-10-13-11-8-5-6-9-12-2/h3,12H,1,4-11H2,2H3. The van der Waals surface area contributed by atoms with Gasteiger partial charge in [0.25, 0.3) is 0 Å². The second-order valence-corrected chi connectivity index (χ2v) is 3.21. The van der Waals surface area contributed by atoms with Crippen LogP contribution >= 0.6 is 0 Å². The van der Waals surface area contributed by atoms with E-state index in [9.17, 15) is 0 Å². The maximum atomic E-state index is 5.45. The van der Waals surface area contributed by atoms with E-state index < -0.39 is 0 Å². The predicted molar refractivity (Wildman–Crippen MR) is 58.0 cm³/mol. The van der Waals surface area contributed by atoms with E-state index in [0.29, 0.717) is 0 Å². The molecule has 0 saturated carbocycles. The molecule has 78 valence electrons. The van der Waals surface area contributed by atoms with E-state index in [2.05, 4.69) is 11.9 Å². The Morgan fingerprint density at radius 1 is 1.15 bits per heavy atom. The number of unbranched alkanes of at least 4 members (excludes halogenated alkanes) is 3. The summed E-state index contributed by atoms with van der Waals surface area (Å²) in [7, 11) is 1.99. The third kappa shape index (κ3) is 11.7. The zero-order chi connectivity index (χ0) is 9.78. The molecule has 0 aliphatic rings. The molecule has 0 saturated heterocycles. The van der Waals surface area contributed by atoms with Crippen molar-refractivity contribution in [2.45, 2.75) is 32.1 Å². The lowest BCUT2D eigenvalue weighted by atomic mass is 10.2. The van der Waals surface area contributed by atoms with Gasteiger partial charge in [-0.05, 0) is 45.7 Å². The van der Waals surface area contributed by atoms with Gasteiger partial charge >= 0.3 is 0 Å². The topological polar surface area (TPSA) is 21.3 Å². The second kappa shape index (κ2) is 11.7. The second-order valence-electron chi connectivity index (χ2n) is 3.21. The molecule has 0 aliphatic heterocycles. The number of hydrogen-bond acceptors (Lipinski definition) is 2. The van der Waals surface area contributed by atoms with Crippen LogP contribution in [0.25, 0.3) is 0 Å². The van der Waals surface area contributed by atoms with Gasteiger partial charge in [-0.1, -0.05) is 6.08 Å². The molecular weight excluding hydrogens is 162 g/mol. The Balaban J connectivity index is 2.79. The Labute approximate surface area is 82.4 Å². The van der Waals surface area contributed by atoms with Crippen molar-refractivity contribution in [3.8, 4) is 0 Å². The Bertz CT molecular complexity index is 104. The van der Waals surface area contributed by atoms with Crippen LogP contribution in [0.4, 0.5) is 0 Å². The maximum Gasteiger partial charge on any atom is 0.0468 e. The minimum atomic E-state index is 0.887. The lowest BCUT2D eigenvalue weighted by molar-refractivity contribution is 0.128. The summed E-state index contributed by atoms with van der Waals surface area (Å²) in [6.07, 6.45) is 7.83. The first-order chi connectivity index (χ1) is 6.41. The summed E-state index contributed by atoms with van der Waals surface area (Å²) in [5.74, 6) is 0. The number of hydrogen-bond donors (Lipinski definition) is 1. The van der Waals surface area contributed by atoms with Gasteiger partial charge in [-0.25, -0.2) is 0 Å². The van der Waals surface area contributed by atoms with Crippen molar-refractivity contribution in [3.63, 3.8) is 0 Å². The average molecular weight is 185 g/mol. The van der Waals surface area contributed by atoms with Crippen molar-refractivity contribution in [1.29, 1.82) is 0 Å². The summed E-state index contributed by atoms with van der Waals surface area (Å²) in [5.41, 5.74) is 0. The first-order valence-electron chi connectivity index (χ1n) is 5.25. The zero-order valence-electron chi connectivity index (χ0n) is 8.85. The van der Waals surface area contributed by atoms with Gasteiger partial charge in [0.1, 0.15) is 0 Å². The van der Waals surface area contributed by atoms with Gasteiger partial charge in [-0.2, -0.15) is 0 Å². The van der Waals surface area contributed by atoms with Gasteiger partial charge in [0, 0.05) is 13.2 Å². The highest BCUT2D eigenvalue weighted by Crippen LogP contribution is 1.96. The Morgan fingerprint density at radius 3 is 2.62 bits per heavy atom. The quantitative estimate of drug-likeness (QED) is 0.417. The van der Waals surface area contributed by atoms with Gasteiger partial charge in [0.05, 0.1) is 0 Å². The van der Waals surface area contributed by atoms with Crippen LogP contribution in [0.15, 0.2) is 12.7 Å². The minimum Gasteiger partial charge on any atom is -0.381 e. The van der Waals surface area contributed by atoms with E-state index in [0.717, 1.165) is 32.6 Å². The monoisotopic (exact) mass is 185 g/mol. The Morgan fingerprint density at radius 2 is 1.92 bits per heavy atom. The lowest BCUT2D eigenvalue weighted by Gasteiger charge is -2.02. The van der Waals surface area contributed by atoms with Crippen LogP contribution in [0, 0.1) is 0 Å². The zero-order valence-corrected chi connectivity index (χ0v) is 8.85. The molecule has 0 bridgehead atoms. The van der Waals surface area contributed by atoms with Crippen LogP contribution in [0.2, 0.25) is 0 Å². The molecule has 0 spiro atoms. The maximum absolute atomic E-state index is 5.45. The summed E-state index contributed by atoms with van der Waals surface area (Å²) in [6.45, 7) is 6.59. The van der Waals surface area contributed by atoms with Crippen molar-refractivity contribution in [3.05, 3.63) is 12.7 Å². The van der Waals surface area contributed by atoms with E-state index in [4.69, 9.17) is 4.74 Å². The number of rotatable bonds is 10. The molecule has 13 heavy (non-hydrogen) atoms. The lowest BCUT2D eigenvalue weighted by Crippen LogP contribution is -2.07. The molecule has 0 amide bonds. The highest BCUT2D eigenvalue weighted by atomic mass is 16.5. The van der Waals surface area contributed by atoms with Crippen molar-refractivity contribution in [2.24, 2.45) is 0 Å². The fourth-order valence-corrected chi connectivity index (χ4v) is 1.11.